The molecule has 0 atom stereocenters. The van der Waals surface area contributed by atoms with E-state index in [4.69, 9.17) is 17.7 Å². The van der Waals surface area contributed by atoms with Gasteiger partial charge in [0.2, 0.25) is 0 Å². The van der Waals surface area contributed by atoms with E-state index in [1.54, 1.807) is 56.1 Å². The van der Waals surface area contributed by atoms with Gasteiger partial charge in [-0.05, 0) is 12.1 Å². The molecule has 0 aliphatic carbocycles. The fourth-order valence-electron chi connectivity index (χ4n) is 4.34. The number of hydrogen-bond acceptors (Lipinski definition) is 8. The smallest absolute Gasteiger partial charge is 0.397 e. The molecule has 0 saturated heterocycles. The minimum atomic E-state index is -2.76. The molecule has 0 rings (SSSR count). The Morgan fingerprint density at radius 1 is 0.514 bits per heavy atom. The van der Waals surface area contributed by atoms with Gasteiger partial charge >= 0.3 is 38.2 Å². The van der Waals surface area contributed by atoms with Gasteiger partial charge in [0, 0.05) is 54.1 Å². The van der Waals surface area contributed by atoms with Crippen LogP contribution in [0.25, 0.3) is 0 Å². The topological polar surface area (TPSA) is 105 Å². The van der Waals surface area contributed by atoms with Crippen LogP contribution < -0.4 is 0 Å². The monoisotopic (exact) mass is 743 g/mol. The molecule has 0 N–H and O–H groups in total. The fourth-order valence-corrected chi connectivity index (χ4v) is 11.5. The SMILES string of the molecule is CCCC[Si](OC)(OC)C(C(=O)CC)C(=O)CC.CCCC[Si](OC)(OC)C(C(=O)CC)C(=O)CC.[Pt+2]. The molecule has 0 fully saturated rings. The zero-order chi connectivity index (χ0) is 28.4. The largest absolute Gasteiger partial charge is 2.00 e. The van der Waals surface area contributed by atoms with E-state index in [1.807, 2.05) is 0 Å². The number of rotatable bonds is 20. The Morgan fingerprint density at radius 2 is 0.730 bits per heavy atom. The third-order valence-electron chi connectivity index (χ3n) is 6.70. The molecular weight excluding hydrogens is 692 g/mol. The standard InChI is InChI=1S/2C13H26O4Si.Pt/c2*1-6-9-10-18(16-4,17-5)13(11(14)7-2)12(15)8-3;/h2*13H,6-10H2,1-5H3;/q;;+2. The second-order valence-corrected chi connectivity index (χ2v) is 15.8. The Balaban J connectivity index is -0.000000608. The van der Waals surface area contributed by atoms with Crippen molar-refractivity contribution in [3.8, 4) is 0 Å². The summed E-state index contributed by atoms with van der Waals surface area (Å²) in [5.41, 5.74) is -1.34. The van der Waals surface area contributed by atoms with Crippen molar-refractivity contribution < 1.29 is 57.9 Å². The van der Waals surface area contributed by atoms with Crippen LogP contribution in [0.1, 0.15) is 92.9 Å². The molecular formula is C26H52O8PtSi2+2. The summed E-state index contributed by atoms with van der Waals surface area (Å²) in [5.74, 6) is -0.191. The predicted molar refractivity (Wildman–Crippen MR) is 148 cm³/mol. The van der Waals surface area contributed by atoms with E-state index in [-0.39, 0.29) is 44.2 Å². The molecule has 11 heteroatoms. The molecule has 37 heavy (non-hydrogen) atoms. The summed E-state index contributed by atoms with van der Waals surface area (Å²) < 4.78 is 22.3. The molecule has 0 aliphatic rings. The first kappa shape index (κ1) is 41.1. The van der Waals surface area contributed by atoms with Crippen LogP contribution in [0.3, 0.4) is 0 Å². The molecule has 0 bridgehead atoms. The van der Waals surface area contributed by atoms with Gasteiger partial charge in [-0.3, -0.25) is 19.2 Å². The average Bonchev–Trinajstić information content (AvgIpc) is 2.92. The Bertz CT molecular complexity index is 579. The van der Waals surface area contributed by atoms with Gasteiger partial charge < -0.3 is 17.7 Å². The van der Waals surface area contributed by atoms with Crippen molar-refractivity contribution in [1.29, 1.82) is 0 Å². The molecule has 220 valence electrons. The second-order valence-electron chi connectivity index (χ2n) is 8.79. The van der Waals surface area contributed by atoms with Crippen LogP contribution in [-0.2, 0) is 57.9 Å². The van der Waals surface area contributed by atoms with Crippen LogP contribution in [-0.4, -0.2) is 68.7 Å². The first-order valence-electron chi connectivity index (χ1n) is 13.4. The minimum Gasteiger partial charge on any atom is -0.397 e. The van der Waals surface area contributed by atoms with Gasteiger partial charge in [-0.1, -0.05) is 67.2 Å². The van der Waals surface area contributed by atoms with Gasteiger partial charge in [0.1, 0.15) is 34.2 Å². The summed E-state index contributed by atoms with van der Waals surface area (Å²) in [4.78, 5) is 48.4. The van der Waals surface area contributed by atoms with Crippen LogP contribution in [0.2, 0.25) is 23.2 Å². The molecule has 0 heterocycles. The van der Waals surface area contributed by atoms with E-state index in [0.29, 0.717) is 37.8 Å². The summed E-state index contributed by atoms with van der Waals surface area (Å²) >= 11 is 0. The van der Waals surface area contributed by atoms with E-state index < -0.39 is 28.2 Å². The van der Waals surface area contributed by atoms with Gasteiger partial charge in [-0.2, -0.15) is 0 Å². The van der Waals surface area contributed by atoms with Crippen LogP contribution in [0, 0.1) is 0 Å². The van der Waals surface area contributed by atoms with Crippen molar-refractivity contribution >= 4 is 40.3 Å². The van der Waals surface area contributed by atoms with Crippen molar-refractivity contribution in [3.05, 3.63) is 0 Å². The Kier molecular flexibility index (Phi) is 25.0. The molecule has 0 amide bonds. The normalized spacial score (nSPS) is 11.6. The fraction of sp³-hybridized carbons (Fsp3) is 0.846. The van der Waals surface area contributed by atoms with Crippen LogP contribution in [0.4, 0.5) is 0 Å². The molecule has 0 saturated carbocycles. The van der Waals surface area contributed by atoms with Crippen molar-refractivity contribution in [1.82, 2.24) is 0 Å². The van der Waals surface area contributed by atoms with Gasteiger partial charge in [0.15, 0.2) is 0 Å². The number of hydrogen-bond donors (Lipinski definition) is 0. The van der Waals surface area contributed by atoms with E-state index >= 15 is 0 Å². The zero-order valence-corrected chi connectivity index (χ0v) is 29.1. The van der Waals surface area contributed by atoms with Gasteiger partial charge in [-0.15, -0.1) is 0 Å². The summed E-state index contributed by atoms with van der Waals surface area (Å²) in [7, 11) is 0.717. The van der Waals surface area contributed by atoms with Crippen molar-refractivity contribution in [2.45, 2.75) is 116 Å². The maximum absolute atomic E-state index is 12.1. The number of ketones is 4. The molecule has 0 unspecified atom stereocenters. The molecule has 8 nitrogen and oxygen atoms in total. The Morgan fingerprint density at radius 3 is 0.865 bits per heavy atom. The zero-order valence-electron chi connectivity index (χ0n) is 24.8. The van der Waals surface area contributed by atoms with Crippen LogP contribution in [0.15, 0.2) is 0 Å². The molecule has 0 aliphatic heterocycles. The number of carbonyl (C=O) groups excluding carboxylic acids is 4. The molecule has 0 aromatic heterocycles. The Labute approximate surface area is 242 Å². The third kappa shape index (κ3) is 12.1. The van der Waals surface area contributed by atoms with Crippen LogP contribution >= 0.6 is 0 Å². The summed E-state index contributed by atoms with van der Waals surface area (Å²) in [6, 6.07) is 1.39. The minimum absolute atomic E-state index is 0. The van der Waals surface area contributed by atoms with E-state index in [9.17, 15) is 19.2 Å². The van der Waals surface area contributed by atoms with E-state index in [0.717, 1.165) is 25.7 Å². The summed E-state index contributed by atoms with van der Waals surface area (Å²) in [6.45, 7) is 11.3. The van der Waals surface area contributed by atoms with Crippen molar-refractivity contribution in [3.63, 3.8) is 0 Å². The van der Waals surface area contributed by atoms with Gasteiger partial charge in [0.05, 0.1) is 0 Å². The van der Waals surface area contributed by atoms with E-state index in [1.165, 1.54) is 0 Å². The Hall–Kier alpha value is -0.358. The molecule has 0 spiro atoms. The third-order valence-corrected chi connectivity index (χ3v) is 14.6. The molecule has 0 aromatic rings. The quantitative estimate of drug-likeness (QED) is 0.116. The maximum Gasteiger partial charge on any atom is 2.00 e. The number of unbranched alkanes of at least 4 members (excludes halogenated alkanes) is 2. The predicted octanol–water partition coefficient (Wildman–Crippen LogP) is 5.70. The van der Waals surface area contributed by atoms with E-state index in [2.05, 4.69) is 13.8 Å². The number of carbonyl (C=O) groups is 4. The van der Waals surface area contributed by atoms with Crippen molar-refractivity contribution in [2.75, 3.05) is 28.4 Å². The summed E-state index contributed by atoms with van der Waals surface area (Å²) in [6.07, 6.45) is 5.22. The average molecular weight is 744 g/mol. The van der Waals surface area contributed by atoms with Crippen molar-refractivity contribution in [2.24, 2.45) is 0 Å². The maximum atomic E-state index is 12.1. The summed E-state index contributed by atoms with van der Waals surface area (Å²) in [5, 5.41) is 0. The van der Waals surface area contributed by atoms with Crippen LogP contribution in [0.5, 0.6) is 0 Å². The molecule has 0 aromatic carbocycles. The first-order valence-corrected chi connectivity index (χ1v) is 17.6. The number of Topliss-reactive ketones (excluding diaryl/α,β-unsaturated/α-hetero) is 4. The van der Waals surface area contributed by atoms with Gasteiger partial charge in [-0.25, -0.2) is 0 Å². The second kappa shape index (κ2) is 22.5. The molecule has 0 radical (unpaired) electrons. The van der Waals surface area contributed by atoms with Gasteiger partial charge in [0.25, 0.3) is 0 Å². The first-order chi connectivity index (χ1) is 17.0.